The first-order valence-electron chi connectivity index (χ1n) is 10.2. The number of nitrogens with one attached hydrogen (secondary N) is 1. The van der Waals surface area contributed by atoms with E-state index in [1.807, 2.05) is 0 Å². The second-order valence-electron chi connectivity index (χ2n) is 8.09. The summed E-state index contributed by atoms with van der Waals surface area (Å²) in [6, 6.07) is 1.55. The van der Waals surface area contributed by atoms with Crippen LogP contribution in [-0.2, 0) is 23.1 Å². The van der Waals surface area contributed by atoms with Crippen molar-refractivity contribution >= 4 is 35.7 Å². The Bertz CT molecular complexity index is 1120. The van der Waals surface area contributed by atoms with Crippen molar-refractivity contribution in [3.05, 3.63) is 28.4 Å². The van der Waals surface area contributed by atoms with E-state index < -0.39 is 31.8 Å². The molecule has 3 heterocycles. The Hall–Kier alpha value is -1.57. The van der Waals surface area contributed by atoms with Gasteiger partial charge < -0.3 is 24.5 Å². The molecular formula is C19H29N4O8PS. The normalized spacial score (nSPS) is 27.3. The minimum absolute atomic E-state index is 0.0169. The zero-order valence-electron chi connectivity index (χ0n) is 19.0. The topological polar surface area (TPSA) is 156 Å². The molecule has 12 nitrogen and oxygen atoms in total. The number of ether oxygens (including phenoxy) is 1. The highest BCUT2D eigenvalue weighted by Gasteiger charge is 2.54. The summed E-state index contributed by atoms with van der Waals surface area (Å²) in [6.07, 6.45) is -1.98. The van der Waals surface area contributed by atoms with Gasteiger partial charge in [0.2, 0.25) is 0 Å². The predicted molar refractivity (Wildman–Crippen MR) is 122 cm³/mol. The van der Waals surface area contributed by atoms with Crippen LogP contribution in [0.15, 0.2) is 17.1 Å². The van der Waals surface area contributed by atoms with Crippen LogP contribution in [0.3, 0.4) is 0 Å². The van der Waals surface area contributed by atoms with E-state index in [0.29, 0.717) is 22.6 Å². The van der Waals surface area contributed by atoms with Crippen molar-refractivity contribution in [1.29, 1.82) is 0 Å². The quantitative estimate of drug-likeness (QED) is 0.331. The molecule has 0 aromatic carbocycles. The molecule has 0 radical (unpaired) electrons. The third kappa shape index (κ3) is 5.41. The molecule has 2 aromatic rings. The summed E-state index contributed by atoms with van der Waals surface area (Å²) in [5.41, 5.74) is -1.80. The summed E-state index contributed by atoms with van der Waals surface area (Å²) in [4.78, 5) is 30.2. The second-order valence-corrected chi connectivity index (χ2v) is 11.6. The Morgan fingerprint density at radius 2 is 2.15 bits per heavy atom. The van der Waals surface area contributed by atoms with E-state index in [1.54, 1.807) is 19.2 Å². The van der Waals surface area contributed by atoms with Crippen LogP contribution in [0.4, 0.5) is 0 Å². The Balaban J connectivity index is 1.76. The minimum Gasteiger partial charge on any atom is -0.387 e. The van der Waals surface area contributed by atoms with E-state index in [9.17, 15) is 24.4 Å². The van der Waals surface area contributed by atoms with Gasteiger partial charge in [-0.1, -0.05) is 11.8 Å². The van der Waals surface area contributed by atoms with E-state index in [-0.39, 0.29) is 23.9 Å². The van der Waals surface area contributed by atoms with Crippen molar-refractivity contribution in [3.63, 3.8) is 0 Å². The number of carbonyl (C=O) groups excluding carboxylic acids is 1. The number of fused-ring (bicyclic) bond motifs is 1. The molecule has 2 aromatic heterocycles. The Labute approximate surface area is 194 Å². The third-order valence-corrected chi connectivity index (χ3v) is 7.98. The molecule has 2 unspecified atom stereocenters. The minimum atomic E-state index is -3.73. The van der Waals surface area contributed by atoms with Crippen LogP contribution < -0.4 is 5.56 Å². The van der Waals surface area contributed by atoms with Crippen molar-refractivity contribution in [2.24, 2.45) is 0 Å². The largest absolute Gasteiger partial charge is 0.407 e. The lowest BCUT2D eigenvalue weighted by atomic mass is 9.96. The third-order valence-electron chi connectivity index (χ3n) is 5.24. The number of carbonyl (C=O) groups is 1. The maximum absolute atomic E-state index is 13.1. The van der Waals surface area contributed by atoms with Crippen molar-refractivity contribution in [3.8, 4) is 0 Å². The molecule has 33 heavy (non-hydrogen) atoms. The van der Waals surface area contributed by atoms with Gasteiger partial charge in [0.05, 0.1) is 18.6 Å². The molecule has 184 valence electrons. The van der Waals surface area contributed by atoms with E-state index in [1.165, 1.54) is 37.2 Å². The van der Waals surface area contributed by atoms with Crippen molar-refractivity contribution in [2.45, 2.75) is 44.8 Å². The lowest BCUT2D eigenvalue weighted by molar-refractivity contribution is -0.109. The number of aromatic nitrogens is 3. The highest BCUT2D eigenvalue weighted by atomic mass is 32.2. The molecule has 3 rings (SSSR count). The van der Waals surface area contributed by atoms with Crippen LogP contribution in [0.25, 0.3) is 11.0 Å². The molecule has 0 bridgehead atoms. The van der Waals surface area contributed by atoms with Gasteiger partial charge in [-0.3, -0.25) is 18.6 Å². The molecule has 3 N–H and O–H groups in total. The first kappa shape index (κ1) is 26.0. The molecule has 5 atom stereocenters. The lowest BCUT2D eigenvalue weighted by Gasteiger charge is -2.28. The van der Waals surface area contributed by atoms with Gasteiger partial charge in [-0.2, -0.15) is 0 Å². The second kappa shape index (κ2) is 9.96. The van der Waals surface area contributed by atoms with Gasteiger partial charge in [-0.15, -0.1) is 0 Å². The monoisotopic (exact) mass is 504 g/mol. The van der Waals surface area contributed by atoms with E-state index >= 15 is 0 Å². The predicted octanol–water partition coefficient (Wildman–Crippen LogP) is 1.02. The molecule has 0 aliphatic carbocycles. The molecule has 0 spiro atoms. The van der Waals surface area contributed by atoms with Gasteiger partial charge in [-0.25, -0.2) is 14.2 Å². The average Bonchev–Trinajstić information content (AvgIpc) is 3.22. The molecule has 1 aliphatic heterocycles. The summed E-state index contributed by atoms with van der Waals surface area (Å²) in [5, 5.41) is 22.0. The van der Waals surface area contributed by atoms with Crippen molar-refractivity contribution in [1.82, 2.24) is 19.2 Å². The van der Waals surface area contributed by atoms with E-state index in [4.69, 9.17) is 13.8 Å². The summed E-state index contributed by atoms with van der Waals surface area (Å²) in [6.45, 7) is 4.13. The van der Waals surface area contributed by atoms with Crippen LogP contribution in [0.2, 0.25) is 0 Å². The Kier molecular flexibility index (Phi) is 7.86. The molecule has 14 heteroatoms. The van der Waals surface area contributed by atoms with E-state index in [0.717, 1.165) is 11.8 Å². The number of thioether (sulfide) groups is 1. The first-order valence-corrected chi connectivity index (χ1v) is 12.7. The smallest absolute Gasteiger partial charge is 0.387 e. The molecule has 0 saturated carbocycles. The standard InChI is InChI=1S/C19H29N4O8PS/c1-11-20-16-13(17(26)21-11)6-7-23(16)18-19(3,27)15(25)14(31-18)10-30-32(28,22(4)5)29-8-9-33-12(2)24/h6-7,14-15,18,25,27H,8-10H2,1-5H3,(H,20,21,26)/t14-,15?,18-,19+,32?/m1/s1. The van der Waals surface area contributed by atoms with Gasteiger partial charge in [-0.05, 0) is 34.0 Å². The number of H-pyrrole nitrogens is 1. The fourth-order valence-electron chi connectivity index (χ4n) is 3.49. The van der Waals surface area contributed by atoms with Gasteiger partial charge in [0.1, 0.15) is 29.3 Å². The lowest BCUT2D eigenvalue weighted by Crippen LogP contribution is -2.44. The molecule has 0 amide bonds. The van der Waals surface area contributed by atoms with Gasteiger partial charge in [0.25, 0.3) is 5.56 Å². The zero-order chi connectivity index (χ0) is 24.6. The highest BCUT2D eigenvalue weighted by molar-refractivity contribution is 8.13. The summed E-state index contributed by atoms with van der Waals surface area (Å²) < 4.78 is 32.7. The number of nitrogens with zero attached hydrogens (tertiary/aromatic N) is 3. The Morgan fingerprint density at radius 3 is 2.79 bits per heavy atom. The number of hydrogen-bond acceptors (Lipinski definition) is 10. The number of aliphatic hydroxyl groups is 2. The zero-order valence-corrected chi connectivity index (χ0v) is 20.8. The maximum Gasteiger partial charge on any atom is 0.407 e. The fraction of sp³-hybridized carbons (Fsp3) is 0.632. The van der Waals surface area contributed by atoms with Crippen molar-refractivity contribution in [2.75, 3.05) is 33.1 Å². The molecule has 1 saturated heterocycles. The highest BCUT2D eigenvalue weighted by Crippen LogP contribution is 2.51. The van der Waals surface area contributed by atoms with Crippen LogP contribution >= 0.6 is 19.5 Å². The number of rotatable bonds is 9. The van der Waals surface area contributed by atoms with E-state index in [2.05, 4.69) is 9.97 Å². The van der Waals surface area contributed by atoms with Gasteiger partial charge in [0.15, 0.2) is 11.3 Å². The maximum atomic E-state index is 13.1. The van der Waals surface area contributed by atoms with Gasteiger partial charge >= 0.3 is 7.75 Å². The Morgan fingerprint density at radius 1 is 1.45 bits per heavy atom. The molecule has 1 fully saturated rings. The van der Waals surface area contributed by atoms with Crippen LogP contribution in [0.1, 0.15) is 25.9 Å². The van der Waals surface area contributed by atoms with Gasteiger partial charge in [0, 0.05) is 18.9 Å². The summed E-state index contributed by atoms with van der Waals surface area (Å²) in [5.74, 6) is 0.694. The molecule has 1 aliphatic rings. The average molecular weight is 505 g/mol. The number of aromatic amines is 1. The fourth-order valence-corrected chi connectivity index (χ4v) is 5.26. The van der Waals surface area contributed by atoms with Crippen molar-refractivity contribution < 1.29 is 33.4 Å². The van der Waals surface area contributed by atoms with Crippen LogP contribution in [0, 0.1) is 6.92 Å². The number of hydrogen-bond donors (Lipinski definition) is 3. The number of aliphatic hydroxyl groups excluding tert-OH is 1. The SMILES string of the molecule is CC(=O)SCCOP(=O)(OC[C@H]1O[C@@H](n2ccc3c(=O)[nH]c(C)nc32)[C@@](C)(O)C1O)N(C)C. The number of aryl methyl sites for hydroxylation is 1. The molecular weight excluding hydrogens is 475 g/mol. The summed E-state index contributed by atoms with van der Waals surface area (Å²) >= 11 is 1.04. The summed E-state index contributed by atoms with van der Waals surface area (Å²) in [7, 11) is -0.702. The van der Waals surface area contributed by atoms with Crippen LogP contribution in [-0.4, -0.2) is 85.4 Å². The van der Waals surface area contributed by atoms with Crippen LogP contribution in [0.5, 0.6) is 0 Å². The first-order chi connectivity index (χ1) is 15.4.